The molecule has 3 heteroatoms. The zero-order valence-electron chi connectivity index (χ0n) is 26.0. The van der Waals surface area contributed by atoms with E-state index in [1.807, 2.05) is 23.5 Å². The highest BCUT2D eigenvalue weighted by atomic mass is 32.2. The Morgan fingerprint density at radius 1 is 0.512 bits per heavy atom. The molecule has 5 aromatic carbocycles. The molecular formula is C40H35BS2. The Labute approximate surface area is 264 Å². The van der Waals surface area contributed by atoms with E-state index in [0.29, 0.717) is 0 Å². The Balaban J connectivity index is 1.34. The van der Waals surface area contributed by atoms with Gasteiger partial charge in [-0.25, -0.2) is 0 Å². The molecule has 0 unspecified atom stereocenters. The quantitative estimate of drug-likeness (QED) is 0.162. The topological polar surface area (TPSA) is 0 Å². The molecule has 0 nitrogen and oxygen atoms in total. The Morgan fingerprint density at radius 3 is 1.40 bits per heavy atom. The fourth-order valence-electron chi connectivity index (χ4n) is 8.32. The lowest BCUT2D eigenvalue weighted by Crippen LogP contribution is -2.58. The van der Waals surface area contributed by atoms with E-state index < -0.39 is 0 Å². The van der Waals surface area contributed by atoms with Gasteiger partial charge in [-0.2, -0.15) is 0 Å². The number of rotatable bonds is 0. The third-order valence-electron chi connectivity index (χ3n) is 10.7. The summed E-state index contributed by atoms with van der Waals surface area (Å²) < 4.78 is 0. The van der Waals surface area contributed by atoms with Crippen LogP contribution in [0.1, 0.15) is 76.3 Å². The second-order valence-corrected chi connectivity index (χ2v) is 17.2. The SMILES string of the molecule is CC(C)(C)c1cc2c3c(c1)Sc1cc4c(cc1B3c1cc3c(cc1S2)C(C)(C)c1ccccc1-3)-c1ccccc1C4(C)C. The number of hydrogen-bond donors (Lipinski definition) is 0. The van der Waals surface area contributed by atoms with Crippen LogP contribution in [0, 0.1) is 0 Å². The predicted molar refractivity (Wildman–Crippen MR) is 186 cm³/mol. The molecular weight excluding hydrogens is 555 g/mol. The van der Waals surface area contributed by atoms with Crippen molar-refractivity contribution in [1.29, 1.82) is 0 Å². The van der Waals surface area contributed by atoms with Gasteiger partial charge in [0.05, 0.1) is 0 Å². The molecule has 0 saturated carbocycles. The maximum absolute atomic E-state index is 2.57. The molecule has 0 atom stereocenters. The summed E-state index contributed by atoms with van der Waals surface area (Å²) in [5, 5.41) is 0. The zero-order chi connectivity index (χ0) is 29.6. The standard InChI is InChI=1S/C40H35BS2/c1-38(2,3)22-16-35-37-36(17-22)43-34-21-30-26(24-13-9-11-15-28(24)40(30,6)7)19-32(34)41(37)31-18-25-23-12-8-10-14-27(23)39(4,5)29(25)20-33(31)42-35/h8-21H,1-7H3. The van der Waals surface area contributed by atoms with Crippen molar-refractivity contribution in [3.63, 3.8) is 0 Å². The first-order valence-corrected chi connectivity index (χ1v) is 17.2. The van der Waals surface area contributed by atoms with Gasteiger partial charge in [0, 0.05) is 30.4 Å². The van der Waals surface area contributed by atoms with Crippen LogP contribution in [0.15, 0.2) is 105 Å². The van der Waals surface area contributed by atoms with Crippen LogP contribution in [0.4, 0.5) is 0 Å². The zero-order valence-corrected chi connectivity index (χ0v) is 27.6. The molecule has 0 bridgehead atoms. The van der Waals surface area contributed by atoms with E-state index in [2.05, 4.69) is 133 Å². The van der Waals surface area contributed by atoms with Crippen molar-refractivity contribution in [3.05, 3.63) is 113 Å². The Morgan fingerprint density at radius 2 is 0.953 bits per heavy atom. The van der Waals surface area contributed by atoms with Crippen molar-refractivity contribution in [3.8, 4) is 22.3 Å². The fraction of sp³-hybridized carbons (Fsp3) is 0.250. The van der Waals surface area contributed by atoms with Crippen molar-refractivity contribution in [2.75, 3.05) is 0 Å². The first kappa shape index (κ1) is 26.3. The molecule has 0 amide bonds. The molecule has 0 saturated heterocycles. The van der Waals surface area contributed by atoms with Crippen molar-refractivity contribution in [2.24, 2.45) is 0 Å². The van der Waals surface area contributed by atoms with E-state index in [0.717, 1.165) is 0 Å². The molecule has 0 radical (unpaired) electrons. The van der Waals surface area contributed by atoms with Crippen molar-refractivity contribution in [2.45, 2.75) is 84.3 Å². The third-order valence-corrected chi connectivity index (χ3v) is 13.0. The molecule has 5 aromatic rings. The lowest BCUT2D eigenvalue weighted by Gasteiger charge is -2.36. The molecule has 0 aromatic heterocycles. The molecule has 0 fully saturated rings. The molecule has 0 spiro atoms. The average Bonchev–Trinajstić information content (AvgIpc) is 3.33. The third kappa shape index (κ3) is 3.39. The highest BCUT2D eigenvalue weighted by Crippen LogP contribution is 2.53. The number of hydrogen-bond acceptors (Lipinski definition) is 2. The van der Waals surface area contributed by atoms with E-state index >= 15 is 0 Å². The summed E-state index contributed by atoms with van der Waals surface area (Å²) in [4.78, 5) is 5.72. The van der Waals surface area contributed by atoms with Gasteiger partial charge >= 0.3 is 0 Å². The second kappa shape index (κ2) is 8.31. The average molecular weight is 591 g/mol. The highest BCUT2D eigenvalue weighted by Gasteiger charge is 2.44. The normalized spacial score (nSPS) is 17.3. The minimum absolute atomic E-state index is 0.00332. The van der Waals surface area contributed by atoms with E-state index in [9.17, 15) is 0 Å². The molecule has 43 heavy (non-hydrogen) atoms. The van der Waals surface area contributed by atoms with Crippen LogP contribution >= 0.6 is 23.5 Å². The Hall–Kier alpha value is -3.14. The van der Waals surface area contributed by atoms with Gasteiger partial charge in [-0.05, 0) is 85.2 Å². The van der Waals surface area contributed by atoms with E-state index in [-0.39, 0.29) is 23.0 Å². The molecule has 4 aliphatic rings. The van der Waals surface area contributed by atoms with Crippen LogP contribution in [-0.4, -0.2) is 6.71 Å². The van der Waals surface area contributed by atoms with Gasteiger partial charge in [0.2, 0.25) is 6.71 Å². The lowest BCUT2D eigenvalue weighted by molar-refractivity contribution is 0.587. The molecule has 2 heterocycles. The van der Waals surface area contributed by atoms with E-state index in [1.54, 1.807) is 0 Å². The van der Waals surface area contributed by atoms with Gasteiger partial charge in [0.1, 0.15) is 0 Å². The minimum atomic E-state index is -0.00332. The van der Waals surface area contributed by atoms with E-state index in [4.69, 9.17) is 0 Å². The Kier molecular flexibility index (Phi) is 5.08. The smallest absolute Gasteiger partial charge is 0.0911 e. The summed E-state index contributed by atoms with van der Waals surface area (Å²) >= 11 is 4.00. The van der Waals surface area contributed by atoms with Crippen LogP contribution in [-0.2, 0) is 16.2 Å². The van der Waals surface area contributed by atoms with Crippen molar-refractivity contribution in [1.82, 2.24) is 0 Å². The summed E-state index contributed by atoms with van der Waals surface area (Å²) in [6.07, 6.45) is 0. The van der Waals surface area contributed by atoms with Crippen LogP contribution in [0.2, 0.25) is 0 Å². The van der Waals surface area contributed by atoms with Gasteiger partial charge in [-0.3, -0.25) is 0 Å². The first-order valence-electron chi connectivity index (χ1n) is 15.6. The van der Waals surface area contributed by atoms with E-state index in [1.165, 1.54) is 86.0 Å². The summed E-state index contributed by atoms with van der Waals surface area (Å²) in [6.45, 7) is 16.9. The van der Waals surface area contributed by atoms with Crippen molar-refractivity contribution < 1.29 is 0 Å². The maximum Gasteiger partial charge on any atom is 0.247 e. The molecule has 210 valence electrons. The van der Waals surface area contributed by atoms with Crippen LogP contribution in [0.25, 0.3) is 22.3 Å². The van der Waals surface area contributed by atoms with Crippen LogP contribution < -0.4 is 16.4 Å². The Bertz CT molecular complexity index is 1940. The minimum Gasteiger partial charge on any atom is -0.0911 e. The van der Waals surface area contributed by atoms with Crippen LogP contribution in [0.5, 0.6) is 0 Å². The van der Waals surface area contributed by atoms with Gasteiger partial charge in [-0.1, -0.05) is 144 Å². The molecule has 0 N–H and O–H groups in total. The predicted octanol–water partition coefficient (Wildman–Crippen LogP) is 9.04. The highest BCUT2D eigenvalue weighted by molar-refractivity contribution is 8.01. The lowest BCUT2D eigenvalue weighted by atomic mass is 9.36. The van der Waals surface area contributed by atoms with Gasteiger partial charge in [-0.15, -0.1) is 0 Å². The van der Waals surface area contributed by atoms with Crippen molar-refractivity contribution >= 4 is 46.6 Å². The maximum atomic E-state index is 2.57. The summed E-state index contributed by atoms with van der Waals surface area (Å²) in [6, 6.07) is 33.4. The first-order chi connectivity index (χ1) is 20.4. The molecule has 9 rings (SSSR count). The van der Waals surface area contributed by atoms with Gasteiger partial charge in [0.15, 0.2) is 0 Å². The van der Waals surface area contributed by atoms with Gasteiger partial charge < -0.3 is 0 Å². The summed E-state index contributed by atoms with van der Waals surface area (Å²) in [5.41, 5.74) is 17.4. The fourth-order valence-corrected chi connectivity index (χ4v) is 10.8. The van der Waals surface area contributed by atoms with Crippen LogP contribution in [0.3, 0.4) is 0 Å². The number of fused-ring (bicyclic) bond motifs is 10. The largest absolute Gasteiger partial charge is 0.247 e. The second-order valence-electron chi connectivity index (χ2n) is 15.0. The monoisotopic (exact) mass is 590 g/mol. The molecule has 2 aliphatic heterocycles. The van der Waals surface area contributed by atoms with Gasteiger partial charge in [0.25, 0.3) is 0 Å². The molecule has 2 aliphatic carbocycles. The summed E-state index contributed by atoms with van der Waals surface area (Å²) in [5.74, 6) is 0. The number of benzene rings is 5. The summed E-state index contributed by atoms with van der Waals surface area (Å²) in [7, 11) is 0.